The van der Waals surface area contributed by atoms with Crippen LogP contribution in [0.25, 0.3) is 0 Å². The van der Waals surface area contributed by atoms with Gasteiger partial charge in [-0.1, -0.05) is 0 Å². The maximum absolute atomic E-state index is 11.6. The van der Waals surface area contributed by atoms with Gasteiger partial charge in [-0.2, -0.15) is 0 Å². The molecule has 0 bridgehead atoms. The summed E-state index contributed by atoms with van der Waals surface area (Å²) in [5.74, 6) is -0.937. The Morgan fingerprint density at radius 2 is 2.12 bits per heavy atom. The third-order valence-electron chi connectivity index (χ3n) is 2.23. The number of carbonyl (C=O) groups excluding carboxylic acids is 1. The minimum Gasteiger partial charge on any atom is -0.394 e. The molecule has 8 nitrogen and oxygen atoms in total. The maximum atomic E-state index is 11.6. The summed E-state index contributed by atoms with van der Waals surface area (Å²) in [6, 6.07) is 2.41. The SMILES string of the molecule is CC(CO)(CO)NC(=O)c1ccc([N+](=O)[O-])[nH]1. The number of aromatic amines is 1. The van der Waals surface area contributed by atoms with Gasteiger partial charge in [0.25, 0.3) is 5.91 Å². The summed E-state index contributed by atoms with van der Waals surface area (Å²) in [6.07, 6.45) is 0. The Bertz CT molecular complexity index is 424. The van der Waals surface area contributed by atoms with E-state index in [1.165, 1.54) is 13.0 Å². The highest BCUT2D eigenvalue weighted by Crippen LogP contribution is 2.11. The second-order valence-electron chi connectivity index (χ2n) is 3.85. The van der Waals surface area contributed by atoms with Crippen LogP contribution < -0.4 is 5.32 Å². The number of H-pyrrole nitrogens is 1. The summed E-state index contributed by atoms with van der Waals surface area (Å²) in [5, 5.41) is 30.7. The second-order valence-corrected chi connectivity index (χ2v) is 3.85. The Balaban J connectivity index is 2.79. The van der Waals surface area contributed by atoms with Gasteiger partial charge in [0.15, 0.2) is 5.69 Å². The van der Waals surface area contributed by atoms with Crippen LogP contribution in [0.2, 0.25) is 0 Å². The number of aromatic nitrogens is 1. The van der Waals surface area contributed by atoms with E-state index in [0.29, 0.717) is 0 Å². The number of aliphatic hydroxyl groups excluding tert-OH is 2. The molecule has 1 heterocycles. The molecule has 1 amide bonds. The first-order chi connectivity index (χ1) is 7.91. The van der Waals surface area contributed by atoms with Crippen molar-refractivity contribution in [3.8, 4) is 0 Å². The minimum absolute atomic E-state index is 0.00942. The van der Waals surface area contributed by atoms with Crippen LogP contribution in [0.3, 0.4) is 0 Å². The van der Waals surface area contributed by atoms with E-state index in [-0.39, 0.29) is 11.5 Å². The van der Waals surface area contributed by atoms with Gasteiger partial charge in [-0.3, -0.25) is 4.79 Å². The van der Waals surface area contributed by atoms with Crippen LogP contribution in [0, 0.1) is 10.1 Å². The number of nitro groups is 1. The van der Waals surface area contributed by atoms with Crippen LogP contribution >= 0.6 is 0 Å². The molecule has 94 valence electrons. The quantitative estimate of drug-likeness (QED) is 0.405. The lowest BCUT2D eigenvalue weighted by molar-refractivity contribution is -0.389. The van der Waals surface area contributed by atoms with Gasteiger partial charge in [-0.25, -0.2) is 4.98 Å². The highest BCUT2D eigenvalue weighted by atomic mass is 16.6. The van der Waals surface area contributed by atoms with Gasteiger partial charge in [0.05, 0.1) is 18.8 Å². The van der Waals surface area contributed by atoms with Gasteiger partial charge in [0.1, 0.15) is 0 Å². The van der Waals surface area contributed by atoms with Gasteiger partial charge in [0, 0.05) is 6.07 Å². The Morgan fingerprint density at radius 3 is 2.53 bits per heavy atom. The van der Waals surface area contributed by atoms with Gasteiger partial charge < -0.3 is 25.6 Å². The average molecular weight is 243 g/mol. The molecule has 0 radical (unpaired) electrons. The molecule has 0 saturated carbocycles. The molecule has 0 unspecified atom stereocenters. The maximum Gasteiger partial charge on any atom is 0.321 e. The smallest absolute Gasteiger partial charge is 0.321 e. The molecule has 17 heavy (non-hydrogen) atoms. The zero-order valence-electron chi connectivity index (χ0n) is 9.14. The van der Waals surface area contributed by atoms with Crippen molar-refractivity contribution in [3.05, 3.63) is 27.9 Å². The number of hydrogen-bond donors (Lipinski definition) is 4. The van der Waals surface area contributed by atoms with Crippen molar-refractivity contribution in [2.75, 3.05) is 13.2 Å². The lowest BCUT2D eigenvalue weighted by atomic mass is 10.1. The molecule has 0 fully saturated rings. The molecule has 0 aliphatic rings. The molecule has 4 N–H and O–H groups in total. The molecule has 0 saturated heterocycles. The molecule has 0 atom stereocenters. The van der Waals surface area contributed by atoms with Gasteiger partial charge in [-0.05, 0) is 17.9 Å². The van der Waals surface area contributed by atoms with E-state index in [1.807, 2.05) is 0 Å². The number of rotatable bonds is 5. The van der Waals surface area contributed by atoms with E-state index in [4.69, 9.17) is 10.2 Å². The number of hydrogen-bond acceptors (Lipinski definition) is 5. The molecule has 1 aromatic rings. The van der Waals surface area contributed by atoms with Crippen LogP contribution in [0.5, 0.6) is 0 Å². The highest BCUT2D eigenvalue weighted by molar-refractivity contribution is 5.93. The molecule has 0 aromatic carbocycles. The van der Waals surface area contributed by atoms with Crippen molar-refractivity contribution < 1.29 is 19.9 Å². The third kappa shape index (κ3) is 3.02. The Labute approximate surface area is 96.4 Å². The van der Waals surface area contributed by atoms with Crippen LogP contribution in [-0.4, -0.2) is 44.8 Å². The van der Waals surface area contributed by atoms with Crippen molar-refractivity contribution in [1.82, 2.24) is 10.3 Å². The highest BCUT2D eigenvalue weighted by Gasteiger charge is 2.27. The fourth-order valence-electron chi connectivity index (χ4n) is 1.09. The lowest BCUT2D eigenvalue weighted by Crippen LogP contribution is -2.51. The van der Waals surface area contributed by atoms with E-state index >= 15 is 0 Å². The number of amides is 1. The molecule has 8 heteroatoms. The largest absolute Gasteiger partial charge is 0.394 e. The summed E-state index contributed by atoms with van der Waals surface area (Å²) < 4.78 is 0. The van der Waals surface area contributed by atoms with Crippen molar-refractivity contribution in [2.24, 2.45) is 0 Å². The minimum atomic E-state index is -1.17. The van der Waals surface area contributed by atoms with Crippen LogP contribution in [0.1, 0.15) is 17.4 Å². The fourth-order valence-corrected chi connectivity index (χ4v) is 1.09. The number of aliphatic hydroxyl groups is 2. The summed E-state index contributed by atoms with van der Waals surface area (Å²) in [4.78, 5) is 23.7. The third-order valence-corrected chi connectivity index (χ3v) is 2.23. The van der Waals surface area contributed by atoms with Crippen molar-refractivity contribution in [1.29, 1.82) is 0 Å². The molecule has 0 aliphatic carbocycles. The zero-order valence-corrected chi connectivity index (χ0v) is 9.14. The first-order valence-corrected chi connectivity index (χ1v) is 4.79. The lowest BCUT2D eigenvalue weighted by Gasteiger charge is -2.25. The molecular formula is C9H13N3O5. The first kappa shape index (κ1) is 13.1. The number of nitrogens with one attached hydrogen (secondary N) is 2. The van der Waals surface area contributed by atoms with Crippen LogP contribution in [0.15, 0.2) is 12.1 Å². The topological polar surface area (TPSA) is 128 Å². The number of nitrogens with zero attached hydrogens (tertiary/aromatic N) is 1. The predicted molar refractivity (Wildman–Crippen MR) is 57.5 cm³/mol. The monoisotopic (exact) mass is 243 g/mol. The van der Waals surface area contributed by atoms with E-state index < -0.39 is 29.6 Å². The van der Waals surface area contributed by atoms with Crippen LogP contribution in [0.4, 0.5) is 5.82 Å². The summed E-state index contributed by atoms with van der Waals surface area (Å²) >= 11 is 0. The Kier molecular flexibility index (Phi) is 3.81. The normalized spacial score (nSPS) is 11.2. The summed E-state index contributed by atoms with van der Waals surface area (Å²) in [6.45, 7) is 0.554. The zero-order chi connectivity index (χ0) is 13.1. The van der Waals surface area contributed by atoms with Crippen molar-refractivity contribution in [3.63, 3.8) is 0 Å². The standard InChI is InChI=1S/C9H13N3O5/c1-9(4-13,5-14)11-8(15)6-2-3-7(10-6)12(16)17/h2-3,10,13-14H,4-5H2,1H3,(H,11,15). The Hall–Kier alpha value is -1.93. The van der Waals surface area contributed by atoms with Crippen LogP contribution in [-0.2, 0) is 0 Å². The molecular weight excluding hydrogens is 230 g/mol. The first-order valence-electron chi connectivity index (χ1n) is 4.79. The van der Waals surface area contributed by atoms with E-state index in [1.54, 1.807) is 0 Å². The summed E-state index contributed by atoms with van der Waals surface area (Å²) in [5.41, 5.74) is -1.18. The number of carbonyl (C=O) groups is 1. The molecule has 1 aromatic heterocycles. The average Bonchev–Trinajstić information content (AvgIpc) is 2.78. The molecule has 0 spiro atoms. The van der Waals surface area contributed by atoms with Gasteiger partial charge in [0.2, 0.25) is 0 Å². The second kappa shape index (κ2) is 4.93. The van der Waals surface area contributed by atoms with E-state index in [0.717, 1.165) is 6.07 Å². The summed E-state index contributed by atoms with van der Waals surface area (Å²) in [7, 11) is 0. The molecule has 0 aliphatic heterocycles. The predicted octanol–water partition coefficient (Wildman–Crippen LogP) is -0.604. The van der Waals surface area contributed by atoms with Gasteiger partial charge >= 0.3 is 5.82 Å². The van der Waals surface area contributed by atoms with E-state index in [9.17, 15) is 14.9 Å². The molecule has 1 rings (SSSR count). The van der Waals surface area contributed by atoms with Gasteiger partial charge in [-0.15, -0.1) is 0 Å². The Morgan fingerprint density at radius 1 is 1.53 bits per heavy atom. The van der Waals surface area contributed by atoms with Crippen molar-refractivity contribution in [2.45, 2.75) is 12.5 Å². The fraction of sp³-hybridized carbons (Fsp3) is 0.444. The van der Waals surface area contributed by atoms with Crippen molar-refractivity contribution >= 4 is 11.7 Å². The van der Waals surface area contributed by atoms with E-state index in [2.05, 4.69) is 10.3 Å².